The van der Waals surface area contributed by atoms with Crippen LogP contribution >= 0.6 is 0 Å². The summed E-state index contributed by atoms with van der Waals surface area (Å²) in [6.07, 6.45) is 8.69. The summed E-state index contributed by atoms with van der Waals surface area (Å²) in [5.41, 5.74) is 6.76. The van der Waals surface area contributed by atoms with Gasteiger partial charge in [-0.05, 0) is 85.5 Å². The second kappa shape index (κ2) is 10.1. The maximum absolute atomic E-state index is 10.7. The van der Waals surface area contributed by atoms with Gasteiger partial charge in [0.1, 0.15) is 11.9 Å². The van der Waals surface area contributed by atoms with Crippen LogP contribution in [0.15, 0.2) is 48.8 Å². The molecule has 1 fully saturated rings. The molecule has 1 saturated carbocycles. The van der Waals surface area contributed by atoms with Gasteiger partial charge in [-0.15, -0.1) is 0 Å². The third-order valence-corrected chi connectivity index (χ3v) is 6.12. The Kier molecular flexibility index (Phi) is 7.02. The van der Waals surface area contributed by atoms with E-state index < -0.39 is 5.97 Å². The summed E-state index contributed by atoms with van der Waals surface area (Å²) in [5, 5.41) is 16.5. The molecule has 1 aromatic heterocycles. The van der Waals surface area contributed by atoms with Crippen molar-refractivity contribution in [3.63, 3.8) is 0 Å². The highest BCUT2D eigenvalue weighted by Crippen LogP contribution is 2.40. The Bertz CT molecular complexity index is 1080. The number of aryl methyl sites for hydroxylation is 2. The normalized spacial score (nSPS) is 14.2. The predicted molar refractivity (Wildman–Crippen MR) is 130 cm³/mol. The Morgan fingerprint density at radius 3 is 2.52 bits per heavy atom. The molecule has 1 unspecified atom stereocenters. The molecular weight excluding hydrogens is 414 g/mol. The summed E-state index contributed by atoms with van der Waals surface area (Å²) >= 11 is 0. The van der Waals surface area contributed by atoms with Crippen molar-refractivity contribution in [2.24, 2.45) is 0 Å². The third kappa shape index (κ3) is 5.75. The van der Waals surface area contributed by atoms with Gasteiger partial charge in [0, 0.05) is 18.4 Å². The molecule has 0 bridgehead atoms. The number of benzene rings is 2. The lowest BCUT2D eigenvalue weighted by atomic mass is 10.0. The molecular formula is C27H33N3O3. The van der Waals surface area contributed by atoms with Gasteiger partial charge < -0.3 is 15.2 Å². The summed E-state index contributed by atoms with van der Waals surface area (Å²) in [4.78, 5) is 10.7. The third-order valence-electron chi connectivity index (χ3n) is 6.12. The molecule has 0 amide bonds. The van der Waals surface area contributed by atoms with Crippen molar-refractivity contribution in [1.29, 1.82) is 0 Å². The molecule has 33 heavy (non-hydrogen) atoms. The average Bonchev–Trinajstić information content (AvgIpc) is 3.51. The summed E-state index contributed by atoms with van der Waals surface area (Å²) in [6.45, 7) is 6.79. The fraction of sp³-hybridized carbons (Fsp3) is 0.407. The van der Waals surface area contributed by atoms with Crippen molar-refractivity contribution in [1.82, 2.24) is 9.78 Å². The lowest BCUT2D eigenvalue weighted by Gasteiger charge is -2.21. The van der Waals surface area contributed by atoms with Crippen molar-refractivity contribution in [3.8, 4) is 11.4 Å². The molecule has 6 nitrogen and oxygen atoms in total. The van der Waals surface area contributed by atoms with Gasteiger partial charge in [-0.25, -0.2) is 4.68 Å². The maximum Gasteiger partial charge on any atom is 0.305 e. The molecule has 0 spiro atoms. The summed E-state index contributed by atoms with van der Waals surface area (Å²) < 4.78 is 8.47. The van der Waals surface area contributed by atoms with Crippen LogP contribution in [0.2, 0.25) is 0 Å². The lowest BCUT2D eigenvalue weighted by molar-refractivity contribution is -0.136. The Morgan fingerprint density at radius 1 is 1.21 bits per heavy atom. The number of carboxylic acid groups (broad SMARTS) is 1. The Labute approximate surface area is 195 Å². The smallest absolute Gasteiger partial charge is 0.305 e. The van der Waals surface area contributed by atoms with Crippen molar-refractivity contribution in [2.75, 3.05) is 11.9 Å². The van der Waals surface area contributed by atoms with E-state index in [0.29, 0.717) is 12.5 Å². The van der Waals surface area contributed by atoms with E-state index in [1.54, 1.807) is 0 Å². The number of nitrogens with one attached hydrogen (secondary N) is 1. The molecule has 1 atom stereocenters. The number of carbonyl (C=O) groups is 1. The van der Waals surface area contributed by atoms with E-state index in [1.807, 2.05) is 23.0 Å². The first-order valence-electron chi connectivity index (χ1n) is 11.8. The Hall–Kier alpha value is -3.28. The molecule has 174 valence electrons. The lowest BCUT2D eigenvalue weighted by Crippen LogP contribution is -2.10. The van der Waals surface area contributed by atoms with Crippen LogP contribution < -0.4 is 10.1 Å². The largest absolute Gasteiger partial charge is 0.486 e. The van der Waals surface area contributed by atoms with E-state index in [1.165, 1.54) is 18.4 Å². The molecule has 3 aromatic rings. The number of ether oxygens (including phenoxy) is 1. The molecule has 2 aromatic carbocycles. The van der Waals surface area contributed by atoms with Gasteiger partial charge in [0.25, 0.3) is 0 Å². The van der Waals surface area contributed by atoms with Gasteiger partial charge in [0.15, 0.2) is 0 Å². The monoisotopic (exact) mass is 447 g/mol. The molecule has 2 N–H and O–H groups in total. The van der Waals surface area contributed by atoms with E-state index in [9.17, 15) is 4.79 Å². The number of carboxylic acids is 1. The first kappa shape index (κ1) is 22.9. The summed E-state index contributed by atoms with van der Waals surface area (Å²) in [6, 6.07) is 12.3. The van der Waals surface area contributed by atoms with Gasteiger partial charge in [0.05, 0.1) is 18.3 Å². The van der Waals surface area contributed by atoms with Crippen LogP contribution in [0.3, 0.4) is 0 Å². The molecule has 0 aliphatic heterocycles. The van der Waals surface area contributed by atoms with Crippen molar-refractivity contribution >= 4 is 11.7 Å². The van der Waals surface area contributed by atoms with Gasteiger partial charge >= 0.3 is 5.97 Å². The Balaban J connectivity index is 1.48. The zero-order valence-electron chi connectivity index (χ0n) is 19.7. The van der Waals surface area contributed by atoms with Crippen LogP contribution in [0.5, 0.6) is 5.75 Å². The highest BCUT2D eigenvalue weighted by molar-refractivity contribution is 5.67. The van der Waals surface area contributed by atoms with E-state index in [0.717, 1.165) is 46.7 Å². The molecule has 1 aliphatic carbocycles. The van der Waals surface area contributed by atoms with Crippen molar-refractivity contribution in [3.05, 3.63) is 71.0 Å². The maximum atomic E-state index is 10.7. The number of hydrogen-bond acceptors (Lipinski definition) is 4. The van der Waals surface area contributed by atoms with Gasteiger partial charge in [0.2, 0.25) is 0 Å². The number of hydrogen-bond donors (Lipinski definition) is 2. The van der Waals surface area contributed by atoms with Crippen molar-refractivity contribution in [2.45, 2.75) is 64.9 Å². The summed E-state index contributed by atoms with van der Waals surface area (Å²) in [5.74, 6) is 0.754. The molecule has 1 aliphatic rings. The topological polar surface area (TPSA) is 76.4 Å². The van der Waals surface area contributed by atoms with Crippen molar-refractivity contribution < 1.29 is 14.6 Å². The van der Waals surface area contributed by atoms with Gasteiger partial charge in [-0.1, -0.05) is 25.5 Å². The second-order valence-electron chi connectivity index (χ2n) is 8.99. The zero-order valence-corrected chi connectivity index (χ0v) is 19.7. The highest BCUT2D eigenvalue weighted by atomic mass is 16.5. The number of aromatic nitrogens is 2. The zero-order chi connectivity index (χ0) is 23.4. The minimum absolute atomic E-state index is 0.0427. The molecule has 1 heterocycles. The molecule has 0 radical (unpaired) electrons. The first-order chi connectivity index (χ1) is 15.9. The first-order valence-corrected chi connectivity index (χ1v) is 11.8. The highest BCUT2D eigenvalue weighted by Gasteiger charge is 2.25. The van der Waals surface area contributed by atoms with Crippen LogP contribution in [-0.4, -0.2) is 27.4 Å². The second-order valence-corrected chi connectivity index (χ2v) is 8.99. The average molecular weight is 448 g/mol. The quantitative estimate of drug-likeness (QED) is 0.367. The number of nitrogens with zero attached hydrogens (tertiary/aromatic N) is 2. The summed E-state index contributed by atoms with van der Waals surface area (Å²) in [7, 11) is 0. The standard InChI is InChI=1S/C27H33N3O3/c1-4-5-25(21-8-10-23(11-9-21)28-13-12-26(31)32)33-24-14-18(2)27(19(3)15-24)30-17-22(16-29-30)20-6-7-20/h8-11,14-17,20,25,28H,4-7,12-13H2,1-3H3,(H,31,32). The molecule has 0 saturated heterocycles. The number of rotatable bonds is 11. The van der Waals surface area contributed by atoms with Gasteiger partial charge in [-0.2, -0.15) is 5.10 Å². The van der Waals surface area contributed by atoms with E-state index >= 15 is 0 Å². The van der Waals surface area contributed by atoms with E-state index in [-0.39, 0.29) is 12.5 Å². The van der Waals surface area contributed by atoms with Crippen LogP contribution in [-0.2, 0) is 4.79 Å². The van der Waals surface area contributed by atoms with Crippen LogP contribution in [0, 0.1) is 13.8 Å². The SMILES string of the molecule is CCCC(Oc1cc(C)c(-n2cc(C3CC3)cn2)c(C)c1)c1ccc(NCCC(=O)O)cc1. The van der Waals surface area contributed by atoms with E-state index in [4.69, 9.17) is 9.84 Å². The molecule has 4 rings (SSSR count). The minimum Gasteiger partial charge on any atom is -0.486 e. The fourth-order valence-corrected chi connectivity index (χ4v) is 4.28. The van der Waals surface area contributed by atoms with Crippen LogP contribution in [0.1, 0.15) is 73.3 Å². The molecule has 6 heteroatoms. The van der Waals surface area contributed by atoms with Gasteiger partial charge in [-0.3, -0.25) is 4.79 Å². The fourth-order valence-electron chi connectivity index (χ4n) is 4.28. The van der Waals surface area contributed by atoms with Crippen LogP contribution in [0.4, 0.5) is 5.69 Å². The Morgan fingerprint density at radius 2 is 1.91 bits per heavy atom. The number of anilines is 1. The minimum atomic E-state index is -0.803. The predicted octanol–water partition coefficient (Wildman–Crippen LogP) is 6.17. The number of aliphatic carboxylic acids is 1. The van der Waals surface area contributed by atoms with E-state index in [2.05, 4.69) is 61.6 Å². The van der Waals surface area contributed by atoms with Crippen LogP contribution in [0.25, 0.3) is 5.69 Å².